The molecule has 0 aliphatic heterocycles. The van der Waals surface area contributed by atoms with E-state index in [1.165, 1.54) is 44.9 Å². The Labute approximate surface area is 99.7 Å². The van der Waals surface area contributed by atoms with E-state index in [1.807, 2.05) is 0 Å². The van der Waals surface area contributed by atoms with Crippen LogP contribution in [0, 0.1) is 17.8 Å². The van der Waals surface area contributed by atoms with Crippen molar-refractivity contribution in [2.45, 2.75) is 64.8 Å². The standard InChI is InChI=1S/C14H26N2/c1-10-7-8-13(9-11(10)2)16-14(15)12-5-3-4-6-12/h10-13H,3-9H2,1-2H3,(H2,15,16). The molecular formula is C14H26N2. The molecule has 0 radical (unpaired) electrons. The highest BCUT2D eigenvalue weighted by atomic mass is 14.9. The lowest BCUT2D eigenvalue weighted by Crippen LogP contribution is -2.28. The first-order valence-corrected chi connectivity index (χ1v) is 7.00. The van der Waals surface area contributed by atoms with Gasteiger partial charge in [0.15, 0.2) is 0 Å². The molecule has 3 atom stereocenters. The zero-order chi connectivity index (χ0) is 11.5. The average molecular weight is 222 g/mol. The molecule has 0 saturated heterocycles. The Morgan fingerprint density at radius 3 is 2.31 bits per heavy atom. The van der Waals surface area contributed by atoms with E-state index in [1.54, 1.807) is 0 Å². The van der Waals surface area contributed by atoms with Crippen LogP contribution < -0.4 is 5.73 Å². The van der Waals surface area contributed by atoms with Crippen molar-refractivity contribution >= 4 is 5.84 Å². The highest BCUT2D eigenvalue weighted by molar-refractivity contribution is 5.83. The maximum Gasteiger partial charge on any atom is 0.0971 e. The summed E-state index contributed by atoms with van der Waals surface area (Å²) >= 11 is 0. The third kappa shape index (κ3) is 2.78. The summed E-state index contributed by atoms with van der Waals surface area (Å²) in [5, 5.41) is 0. The number of nitrogens with two attached hydrogens (primary N) is 1. The number of rotatable bonds is 2. The minimum atomic E-state index is 0.520. The first-order chi connectivity index (χ1) is 7.66. The van der Waals surface area contributed by atoms with Crippen molar-refractivity contribution in [3.8, 4) is 0 Å². The Balaban J connectivity index is 1.90. The molecule has 2 nitrogen and oxygen atoms in total. The third-order valence-corrected chi connectivity index (χ3v) is 4.68. The van der Waals surface area contributed by atoms with Gasteiger partial charge in [-0.15, -0.1) is 0 Å². The van der Waals surface area contributed by atoms with E-state index >= 15 is 0 Å². The van der Waals surface area contributed by atoms with Crippen molar-refractivity contribution in [1.29, 1.82) is 0 Å². The number of nitrogens with zero attached hydrogens (tertiary/aromatic N) is 1. The van der Waals surface area contributed by atoms with E-state index in [4.69, 9.17) is 10.7 Å². The molecule has 2 aliphatic rings. The normalized spacial score (nSPS) is 37.9. The SMILES string of the molecule is CC1CCC(N=C(N)C2CCCC2)CC1C. The number of hydrogen-bond acceptors (Lipinski definition) is 1. The second-order valence-corrected chi connectivity index (χ2v) is 5.96. The lowest BCUT2D eigenvalue weighted by Gasteiger charge is -2.30. The summed E-state index contributed by atoms with van der Waals surface area (Å²) in [6, 6.07) is 0.520. The Bertz CT molecular complexity index is 253. The van der Waals surface area contributed by atoms with Gasteiger partial charge in [0, 0.05) is 5.92 Å². The van der Waals surface area contributed by atoms with Crippen LogP contribution in [0.25, 0.3) is 0 Å². The van der Waals surface area contributed by atoms with Gasteiger partial charge in [-0.2, -0.15) is 0 Å². The minimum absolute atomic E-state index is 0.520. The van der Waals surface area contributed by atoms with Crippen molar-refractivity contribution in [1.82, 2.24) is 0 Å². The fraction of sp³-hybridized carbons (Fsp3) is 0.929. The molecule has 0 aromatic carbocycles. The fourth-order valence-corrected chi connectivity index (χ4v) is 3.17. The van der Waals surface area contributed by atoms with Crippen LogP contribution >= 0.6 is 0 Å². The molecule has 92 valence electrons. The summed E-state index contributed by atoms with van der Waals surface area (Å²) in [7, 11) is 0. The summed E-state index contributed by atoms with van der Waals surface area (Å²) in [6.45, 7) is 4.73. The molecule has 2 saturated carbocycles. The van der Waals surface area contributed by atoms with Crippen molar-refractivity contribution < 1.29 is 0 Å². The number of aliphatic imine (C=N–C) groups is 1. The van der Waals surface area contributed by atoms with E-state index in [2.05, 4.69) is 13.8 Å². The average Bonchev–Trinajstić information content (AvgIpc) is 2.77. The van der Waals surface area contributed by atoms with Crippen LogP contribution in [0.2, 0.25) is 0 Å². The van der Waals surface area contributed by atoms with Gasteiger partial charge < -0.3 is 5.73 Å². The number of hydrogen-bond donors (Lipinski definition) is 1. The van der Waals surface area contributed by atoms with Gasteiger partial charge in [0.2, 0.25) is 0 Å². The van der Waals surface area contributed by atoms with Gasteiger partial charge >= 0.3 is 0 Å². The second kappa shape index (κ2) is 5.20. The van der Waals surface area contributed by atoms with E-state index < -0.39 is 0 Å². The van der Waals surface area contributed by atoms with E-state index in [0.29, 0.717) is 12.0 Å². The van der Waals surface area contributed by atoms with E-state index in [0.717, 1.165) is 17.7 Å². The molecule has 2 rings (SSSR count). The van der Waals surface area contributed by atoms with Crippen LogP contribution in [-0.2, 0) is 0 Å². The fourth-order valence-electron chi connectivity index (χ4n) is 3.17. The Morgan fingerprint density at radius 2 is 1.69 bits per heavy atom. The summed E-state index contributed by atoms with van der Waals surface area (Å²) < 4.78 is 0. The monoisotopic (exact) mass is 222 g/mol. The molecule has 2 N–H and O–H groups in total. The van der Waals surface area contributed by atoms with Gasteiger partial charge in [0.1, 0.15) is 0 Å². The van der Waals surface area contributed by atoms with Gasteiger partial charge in [-0.3, -0.25) is 4.99 Å². The smallest absolute Gasteiger partial charge is 0.0971 e. The Hall–Kier alpha value is -0.530. The molecular weight excluding hydrogens is 196 g/mol. The maximum absolute atomic E-state index is 6.14. The largest absolute Gasteiger partial charge is 0.387 e. The molecule has 16 heavy (non-hydrogen) atoms. The molecule has 2 aliphatic carbocycles. The Morgan fingerprint density at radius 1 is 1.00 bits per heavy atom. The van der Waals surface area contributed by atoms with Crippen LogP contribution in [-0.4, -0.2) is 11.9 Å². The molecule has 0 spiro atoms. The summed E-state index contributed by atoms with van der Waals surface area (Å²) in [5.74, 6) is 3.26. The molecule has 0 amide bonds. The van der Waals surface area contributed by atoms with Gasteiger partial charge in [-0.1, -0.05) is 26.7 Å². The highest BCUT2D eigenvalue weighted by Gasteiger charge is 2.25. The zero-order valence-electron chi connectivity index (χ0n) is 10.8. The molecule has 3 unspecified atom stereocenters. The lowest BCUT2D eigenvalue weighted by atomic mass is 9.79. The summed E-state index contributed by atoms with van der Waals surface area (Å²) in [6.07, 6.45) is 9.06. The van der Waals surface area contributed by atoms with E-state index in [9.17, 15) is 0 Å². The zero-order valence-corrected chi connectivity index (χ0v) is 10.8. The van der Waals surface area contributed by atoms with E-state index in [-0.39, 0.29) is 0 Å². The van der Waals surface area contributed by atoms with Crippen LogP contribution in [0.5, 0.6) is 0 Å². The van der Waals surface area contributed by atoms with Crippen molar-refractivity contribution in [2.75, 3.05) is 0 Å². The number of amidine groups is 1. The van der Waals surface area contributed by atoms with Crippen LogP contribution in [0.4, 0.5) is 0 Å². The quantitative estimate of drug-likeness (QED) is 0.564. The highest BCUT2D eigenvalue weighted by Crippen LogP contribution is 2.32. The van der Waals surface area contributed by atoms with Crippen molar-refractivity contribution in [3.63, 3.8) is 0 Å². The molecule has 0 aromatic rings. The van der Waals surface area contributed by atoms with Crippen LogP contribution in [0.1, 0.15) is 58.8 Å². The third-order valence-electron chi connectivity index (χ3n) is 4.68. The lowest BCUT2D eigenvalue weighted by molar-refractivity contribution is 0.252. The predicted octanol–water partition coefficient (Wildman–Crippen LogP) is 3.36. The van der Waals surface area contributed by atoms with Gasteiger partial charge in [0.05, 0.1) is 11.9 Å². The van der Waals surface area contributed by atoms with Gasteiger partial charge in [-0.25, -0.2) is 0 Å². The maximum atomic E-state index is 6.14. The van der Waals surface area contributed by atoms with Crippen LogP contribution in [0.15, 0.2) is 4.99 Å². The second-order valence-electron chi connectivity index (χ2n) is 5.96. The first-order valence-electron chi connectivity index (χ1n) is 7.00. The van der Waals surface area contributed by atoms with Crippen molar-refractivity contribution in [3.05, 3.63) is 0 Å². The molecule has 0 aromatic heterocycles. The predicted molar refractivity (Wildman–Crippen MR) is 69.5 cm³/mol. The minimum Gasteiger partial charge on any atom is -0.387 e. The van der Waals surface area contributed by atoms with Crippen LogP contribution in [0.3, 0.4) is 0 Å². The van der Waals surface area contributed by atoms with Gasteiger partial charge in [-0.05, 0) is 43.9 Å². The molecule has 2 heteroatoms. The first kappa shape index (κ1) is 11.9. The summed E-state index contributed by atoms with van der Waals surface area (Å²) in [4.78, 5) is 4.80. The summed E-state index contributed by atoms with van der Waals surface area (Å²) in [5.41, 5.74) is 6.14. The Kier molecular flexibility index (Phi) is 3.88. The molecule has 2 fully saturated rings. The topological polar surface area (TPSA) is 38.4 Å². The molecule has 0 heterocycles. The van der Waals surface area contributed by atoms with Crippen molar-refractivity contribution in [2.24, 2.45) is 28.5 Å². The van der Waals surface area contributed by atoms with Gasteiger partial charge in [0.25, 0.3) is 0 Å². The molecule has 0 bridgehead atoms.